The summed E-state index contributed by atoms with van der Waals surface area (Å²) in [5.41, 5.74) is 2.91. The lowest BCUT2D eigenvalue weighted by Crippen LogP contribution is -2.29. The number of nitrogens with zero attached hydrogens (tertiary/aromatic N) is 1. The van der Waals surface area contributed by atoms with Gasteiger partial charge in [0.05, 0.1) is 28.7 Å². The number of hydrogen-bond acceptors (Lipinski definition) is 8. The molecule has 0 aliphatic rings. The fraction of sp³-hybridized carbons (Fsp3) is 0.818. The van der Waals surface area contributed by atoms with E-state index in [0.717, 1.165) is 31.4 Å². The molecule has 8 nitrogen and oxygen atoms in total. The Morgan fingerprint density at radius 1 is 0.744 bits per heavy atom. The van der Waals surface area contributed by atoms with Gasteiger partial charge in [-0.25, -0.2) is 13.2 Å². The van der Waals surface area contributed by atoms with Crippen LogP contribution >= 0.6 is 11.3 Å². The number of unbranched alkanes of at least 4 members (excludes halogenated alkanes) is 18. The van der Waals surface area contributed by atoms with Gasteiger partial charge >= 0.3 is 6.16 Å². The molecule has 10 heteroatoms. The minimum atomic E-state index is -3.92. The second kappa shape index (κ2) is 30.5. The Kier molecular flexibility index (Phi) is 29.5. The van der Waals surface area contributed by atoms with Crippen molar-refractivity contribution >= 4 is 27.6 Å². The molecule has 0 saturated carbocycles. The summed E-state index contributed by atoms with van der Waals surface area (Å²) in [5, 5.41) is 2.10. The number of aryl methyl sites for hydroxylation is 1. The number of thiazole rings is 1. The molecule has 43 heavy (non-hydrogen) atoms. The number of carbonyl (C=O) groups is 1. The van der Waals surface area contributed by atoms with Crippen molar-refractivity contribution in [1.82, 2.24) is 0 Å². The quantitative estimate of drug-likeness (QED) is 0.0294. The molecule has 1 heterocycles. The average molecular weight is 648 g/mol. The molecule has 0 amide bonds. The fourth-order valence-electron chi connectivity index (χ4n) is 4.51. The summed E-state index contributed by atoms with van der Waals surface area (Å²) in [6, 6.07) is 0. The van der Waals surface area contributed by atoms with Crippen LogP contribution in [0.5, 0.6) is 0 Å². The van der Waals surface area contributed by atoms with Gasteiger partial charge in [0, 0.05) is 19.3 Å². The Balaban J connectivity index is 0.00000324. The lowest BCUT2D eigenvalue weighted by Gasteiger charge is -2.09. The zero-order chi connectivity index (χ0) is 31.9. The molecule has 0 aliphatic heterocycles. The summed E-state index contributed by atoms with van der Waals surface area (Å²) in [4.78, 5) is 11.7. The standard InChI is InChI=1S/C32H58NO4S.CH4O3S/c1-3-4-5-6-7-8-9-10-11-12-13-14-15-16-18-22-26-36-32(34)37-29-31(2)28-35-25-21-19-17-20-23-33-24-27-38-30-33;1-5(2,3)4/h24,27,30H,2-23,25-26,28-29H2,1H3;1H3,(H,2,3,4)/q+1;/p-1. The summed E-state index contributed by atoms with van der Waals surface area (Å²) in [5.74, 6) is 0. The molecule has 0 aliphatic carbocycles. The van der Waals surface area contributed by atoms with Crippen LogP contribution in [0.25, 0.3) is 0 Å². The topological polar surface area (TPSA) is 106 Å². The number of ether oxygens (including phenoxy) is 3. The van der Waals surface area contributed by atoms with Crippen molar-refractivity contribution in [2.75, 3.05) is 32.7 Å². The van der Waals surface area contributed by atoms with Gasteiger partial charge in [0.2, 0.25) is 5.51 Å². The third-order valence-electron chi connectivity index (χ3n) is 6.90. The highest BCUT2D eigenvalue weighted by Gasteiger charge is 2.05. The highest BCUT2D eigenvalue weighted by Crippen LogP contribution is 2.14. The molecule has 0 atom stereocenters. The van der Waals surface area contributed by atoms with E-state index in [0.29, 0.717) is 26.1 Å². The minimum absolute atomic E-state index is 0.162. The Bertz CT molecular complexity index is 853. The van der Waals surface area contributed by atoms with E-state index in [-0.39, 0.29) is 6.61 Å². The molecular weight excluding hydrogens is 586 g/mol. The van der Waals surface area contributed by atoms with Crippen molar-refractivity contribution in [3.05, 3.63) is 29.2 Å². The van der Waals surface area contributed by atoms with E-state index in [1.165, 1.54) is 109 Å². The molecule has 0 unspecified atom stereocenters. The zero-order valence-corrected chi connectivity index (χ0v) is 28.9. The lowest BCUT2D eigenvalue weighted by molar-refractivity contribution is -0.692. The normalized spacial score (nSPS) is 11.1. The van der Waals surface area contributed by atoms with Gasteiger partial charge in [-0.3, -0.25) is 0 Å². The second-order valence-corrected chi connectivity index (χ2v) is 13.5. The SMILES string of the molecule is C=C(COCCCCCC[n+]1ccsc1)COC(=O)OCCCCCCCCCCCCCCCCCC.CS(=O)(=O)[O-]. The maximum Gasteiger partial charge on any atom is 0.508 e. The molecule has 0 saturated heterocycles. The van der Waals surface area contributed by atoms with E-state index in [4.69, 9.17) is 27.2 Å². The van der Waals surface area contributed by atoms with Crippen LogP contribution in [0.2, 0.25) is 0 Å². The summed E-state index contributed by atoms with van der Waals surface area (Å²) >= 11 is 1.73. The molecule has 0 fully saturated rings. The molecule has 1 aromatic rings. The van der Waals surface area contributed by atoms with Crippen LogP contribution in [-0.4, -0.2) is 51.8 Å². The highest BCUT2D eigenvalue weighted by molar-refractivity contribution is 7.84. The van der Waals surface area contributed by atoms with E-state index in [2.05, 4.69) is 35.2 Å². The fourth-order valence-corrected chi connectivity index (χ4v) is 5.14. The summed E-state index contributed by atoms with van der Waals surface area (Å²) < 4.78 is 45.4. The molecule has 1 aromatic heterocycles. The lowest BCUT2D eigenvalue weighted by atomic mass is 10.0. The first-order chi connectivity index (χ1) is 20.7. The number of hydrogen-bond donors (Lipinski definition) is 0. The van der Waals surface area contributed by atoms with Gasteiger partial charge in [-0.2, -0.15) is 4.57 Å². The van der Waals surface area contributed by atoms with Gasteiger partial charge < -0.3 is 18.8 Å². The Hall–Kier alpha value is -1.49. The monoisotopic (exact) mass is 647 g/mol. The van der Waals surface area contributed by atoms with Crippen molar-refractivity contribution in [1.29, 1.82) is 0 Å². The third-order valence-corrected chi connectivity index (χ3v) is 7.57. The molecule has 1 rings (SSSR count). The Labute approximate surface area is 267 Å². The molecule has 0 radical (unpaired) electrons. The average Bonchev–Trinajstić information content (AvgIpc) is 3.48. The van der Waals surface area contributed by atoms with Gasteiger partial charge in [0.1, 0.15) is 13.2 Å². The zero-order valence-electron chi connectivity index (χ0n) is 27.2. The van der Waals surface area contributed by atoms with Crippen LogP contribution in [0.3, 0.4) is 0 Å². The first-order valence-electron chi connectivity index (χ1n) is 16.6. The van der Waals surface area contributed by atoms with Crippen LogP contribution in [0, 0.1) is 0 Å². The Morgan fingerprint density at radius 3 is 1.70 bits per heavy atom. The first kappa shape index (κ1) is 41.5. The smallest absolute Gasteiger partial charge is 0.508 e. The van der Waals surface area contributed by atoms with Crippen LogP contribution < -0.4 is 4.57 Å². The van der Waals surface area contributed by atoms with E-state index < -0.39 is 16.3 Å². The van der Waals surface area contributed by atoms with Crippen LogP contribution in [0.15, 0.2) is 29.2 Å². The number of carbonyl (C=O) groups excluding carboxylic acids is 1. The molecular formula is C33H61NO7S2. The van der Waals surface area contributed by atoms with Crippen molar-refractivity contribution in [3.63, 3.8) is 0 Å². The van der Waals surface area contributed by atoms with Crippen molar-refractivity contribution in [2.24, 2.45) is 0 Å². The first-order valence-corrected chi connectivity index (χ1v) is 19.3. The van der Waals surface area contributed by atoms with Gasteiger partial charge in [-0.1, -0.05) is 128 Å². The second-order valence-electron chi connectivity index (χ2n) is 11.4. The van der Waals surface area contributed by atoms with Gasteiger partial charge in [0.15, 0.2) is 6.20 Å². The summed E-state index contributed by atoms with van der Waals surface area (Å²) in [6.45, 7) is 9.04. The van der Waals surface area contributed by atoms with Crippen molar-refractivity contribution < 1.29 is 36.5 Å². The molecule has 252 valence electrons. The van der Waals surface area contributed by atoms with E-state index in [1.54, 1.807) is 11.3 Å². The summed E-state index contributed by atoms with van der Waals surface area (Å²) in [7, 11) is -3.92. The van der Waals surface area contributed by atoms with Crippen LogP contribution in [0.4, 0.5) is 4.79 Å². The number of rotatable bonds is 28. The Morgan fingerprint density at radius 2 is 1.21 bits per heavy atom. The van der Waals surface area contributed by atoms with Gasteiger partial charge in [0.25, 0.3) is 0 Å². The molecule has 0 aromatic carbocycles. The molecule has 0 bridgehead atoms. The van der Waals surface area contributed by atoms with E-state index in [1.807, 2.05) is 0 Å². The van der Waals surface area contributed by atoms with Crippen molar-refractivity contribution in [2.45, 2.75) is 142 Å². The minimum Gasteiger partial charge on any atom is -0.748 e. The van der Waals surface area contributed by atoms with Gasteiger partial charge in [-0.05, 0) is 24.8 Å². The summed E-state index contributed by atoms with van der Waals surface area (Å²) in [6.07, 6.45) is 28.1. The third kappa shape index (κ3) is 36.6. The van der Waals surface area contributed by atoms with Gasteiger partial charge in [-0.15, -0.1) is 0 Å². The van der Waals surface area contributed by atoms with Crippen LogP contribution in [-0.2, 0) is 30.9 Å². The number of aromatic nitrogens is 1. The predicted octanol–water partition coefficient (Wildman–Crippen LogP) is 8.74. The molecule has 0 spiro atoms. The van der Waals surface area contributed by atoms with Crippen LogP contribution in [0.1, 0.15) is 135 Å². The predicted molar refractivity (Wildman–Crippen MR) is 175 cm³/mol. The largest absolute Gasteiger partial charge is 0.748 e. The van der Waals surface area contributed by atoms with E-state index >= 15 is 0 Å². The van der Waals surface area contributed by atoms with E-state index in [9.17, 15) is 4.79 Å². The van der Waals surface area contributed by atoms with Crippen molar-refractivity contribution in [3.8, 4) is 0 Å². The highest BCUT2D eigenvalue weighted by atomic mass is 32.2. The maximum atomic E-state index is 11.7. The maximum absolute atomic E-state index is 11.7. The molecule has 0 N–H and O–H groups in total.